The smallest absolute Gasteiger partial charge is 0.307 e. The van der Waals surface area contributed by atoms with Crippen LogP contribution in [-0.2, 0) is 24.3 Å². The maximum absolute atomic E-state index is 12.3. The summed E-state index contributed by atoms with van der Waals surface area (Å²) in [6, 6.07) is 9.28. The molecular weight excluding hydrogens is 478 g/mol. The van der Waals surface area contributed by atoms with Crippen LogP contribution in [0.2, 0.25) is 5.02 Å². The van der Waals surface area contributed by atoms with Gasteiger partial charge in [0, 0.05) is 18.7 Å². The average molecular weight is 500 g/mol. The minimum atomic E-state index is -3.85. The van der Waals surface area contributed by atoms with Crippen molar-refractivity contribution in [3.05, 3.63) is 57.6 Å². The molecule has 2 aromatic rings. The van der Waals surface area contributed by atoms with Crippen molar-refractivity contribution >= 4 is 44.9 Å². The molecule has 0 heterocycles. The topological polar surface area (TPSA) is 154 Å². The molecule has 2 aromatic carbocycles. The molecule has 2 N–H and O–H groups in total. The Hall–Kier alpha value is -3.22. The number of halogens is 1. The summed E-state index contributed by atoms with van der Waals surface area (Å²) >= 11 is 5.92. The van der Waals surface area contributed by atoms with Gasteiger partial charge in [0.2, 0.25) is 10.0 Å². The molecule has 0 spiro atoms. The Morgan fingerprint density at radius 1 is 1.18 bits per heavy atom. The highest BCUT2D eigenvalue weighted by Crippen LogP contribution is 2.27. The lowest BCUT2D eigenvalue weighted by atomic mass is 10.2. The number of carbonyl (C=O) groups excluding carboxylic acids is 2. The van der Waals surface area contributed by atoms with Crippen molar-refractivity contribution < 1.29 is 32.4 Å². The molecular formula is C20H22ClN3O8S. The number of nitro groups is 1. The van der Waals surface area contributed by atoms with Crippen molar-refractivity contribution in [2.75, 3.05) is 18.5 Å². The zero-order valence-electron chi connectivity index (χ0n) is 17.7. The van der Waals surface area contributed by atoms with Gasteiger partial charge < -0.3 is 14.8 Å². The highest BCUT2D eigenvalue weighted by atomic mass is 35.5. The molecule has 13 heteroatoms. The van der Waals surface area contributed by atoms with Gasteiger partial charge in [0.05, 0.1) is 33.6 Å². The number of nitrogens with zero attached hydrogens (tertiary/aromatic N) is 1. The maximum atomic E-state index is 12.3. The van der Waals surface area contributed by atoms with Gasteiger partial charge in [-0.1, -0.05) is 11.6 Å². The van der Waals surface area contributed by atoms with Gasteiger partial charge in [0.1, 0.15) is 5.75 Å². The Morgan fingerprint density at radius 3 is 2.45 bits per heavy atom. The molecule has 1 amide bonds. The van der Waals surface area contributed by atoms with Crippen LogP contribution in [0, 0.1) is 10.1 Å². The van der Waals surface area contributed by atoms with E-state index >= 15 is 0 Å². The number of amides is 1. The van der Waals surface area contributed by atoms with Crippen molar-refractivity contribution in [3.8, 4) is 5.75 Å². The lowest BCUT2D eigenvalue weighted by molar-refractivity contribution is -0.384. The van der Waals surface area contributed by atoms with Crippen molar-refractivity contribution in [2.24, 2.45) is 0 Å². The van der Waals surface area contributed by atoms with Gasteiger partial charge in [0.25, 0.3) is 11.6 Å². The number of rotatable bonds is 11. The number of esters is 1. The van der Waals surface area contributed by atoms with E-state index in [0.29, 0.717) is 12.4 Å². The Labute approximate surface area is 195 Å². The SMILES string of the molecule is CCOc1ccc(S(=O)(=O)NCCC(=O)OC(C)C(=O)Nc2cc([N+](=O)[O-])ccc2Cl)cc1. The standard InChI is InChI=1S/C20H22ClN3O8S/c1-3-31-15-5-7-16(8-6-15)33(29,30)22-11-10-19(25)32-13(2)20(26)23-18-12-14(24(27)28)4-9-17(18)21/h4-9,12-13,22H,3,10-11H2,1-2H3,(H,23,26). The molecule has 11 nitrogen and oxygen atoms in total. The number of sulfonamides is 1. The Morgan fingerprint density at radius 2 is 1.85 bits per heavy atom. The van der Waals surface area contributed by atoms with Gasteiger partial charge >= 0.3 is 5.97 Å². The number of anilines is 1. The number of nitro benzene ring substituents is 1. The van der Waals surface area contributed by atoms with Gasteiger partial charge in [-0.05, 0) is 44.2 Å². The summed E-state index contributed by atoms with van der Waals surface area (Å²) in [5.41, 5.74) is -0.291. The molecule has 33 heavy (non-hydrogen) atoms. The zero-order valence-corrected chi connectivity index (χ0v) is 19.3. The van der Waals surface area contributed by atoms with E-state index in [2.05, 4.69) is 10.0 Å². The van der Waals surface area contributed by atoms with Gasteiger partial charge in [-0.2, -0.15) is 0 Å². The second-order valence-electron chi connectivity index (χ2n) is 6.59. The fraction of sp³-hybridized carbons (Fsp3) is 0.300. The number of hydrogen-bond donors (Lipinski definition) is 2. The summed E-state index contributed by atoms with van der Waals surface area (Å²) in [6.45, 7) is 3.29. The van der Waals surface area contributed by atoms with Crippen molar-refractivity contribution in [1.82, 2.24) is 4.72 Å². The molecule has 178 valence electrons. The minimum Gasteiger partial charge on any atom is -0.494 e. The van der Waals surface area contributed by atoms with Crippen LogP contribution in [0.1, 0.15) is 20.3 Å². The number of nitrogens with one attached hydrogen (secondary N) is 2. The fourth-order valence-electron chi connectivity index (χ4n) is 2.52. The van der Waals surface area contributed by atoms with Crippen molar-refractivity contribution in [3.63, 3.8) is 0 Å². The predicted octanol–water partition coefficient (Wildman–Crippen LogP) is 2.89. The summed E-state index contributed by atoms with van der Waals surface area (Å²) in [5.74, 6) is -1.06. The lowest BCUT2D eigenvalue weighted by Gasteiger charge is -2.14. The van der Waals surface area contributed by atoms with Crippen LogP contribution in [0.4, 0.5) is 11.4 Å². The van der Waals surface area contributed by atoms with Gasteiger partial charge in [-0.25, -0.2) is 13.1 Å². The molecule has 0 radical (unpaired) electrons. The van der Waals surface area contributed by atoms with Crippen molar-refractivity contribution in [1.29, 1.82) is 0 Å². The van der Waals surface area contributed by atoms with E-state index in [1.54, 1.807) is 6.92 Å². The number of hydrogen-bond acceptors (Lipinski definition) is 8. The molecule has 0 saturated heterocycles. The van der Waals surface area contributed by atoms with Crippen LogP contribution in [0.15, 0.2) is 47.4 Å². The first-order valence-electron chi connectivity index (χ1n) is 9.70. The molecule has 1 unspecified atom stereocenters. The van der Waals surface area contributed by atoms with Crippen molar-refractivity contribution in [2.45, 2.75) is 31.3 Å². The predicted molar refractivity (Wildman–Crippen MR) is 120 cm³/mol. The number of non-ortho nitro benzene ring substituents is 1. The Kier molecular flexibility index (Phi) is 9.14. The summed E-state index contributed by atoms with van der Waals surface area (Å²) in [6.07, 6.45) is -1.58. The maximum Gasteiger partial charge on any atom is 0.307 e. The first kappa shape index (κ1) is 26.0. The van der Waals surface area contributed by atoms with Gasteiger partial charge in [-0.15, -0.1) is 0 Å². The molecule has 2 rings (SSSR count). The number of benzene rings is 2. The van der Waals surface area contributed by atoms with Gasteiger partial charge in [0.15, 0.2) is 6.10 Å². The van der Waals surface area contributed by atoms with E-state index in [-0.39, 0.29) is 34.3 Å². The Balaban J connectivity index is 1.85. The molecule has 0 aliphatic carbocycles. The second kappa shape index (κ2) is 11.6. The van der Waals surface area contributed by atoms with E-state index in [0.717, 1.165) is 6.07 Å². The quantitative estimate of drug-likeness (QED) is 0.272. The van der Waals surface area contributed by atoms with Crippen LogP contribution in [0.25, 0.3) is 0 Å². The lowest BCUT2D eigenvalue weighted by Crippen LogP contribution is -2.32. The third-order valence-corrected chi connectivity index (χ3v) is 5.97. The molecule has 0 saturated carbocycles. The van der Waals surface area contributed by atoms with Crippen LogP contribution in [0.3, 0.4) is 0 Å². The normalized spacial score (nSPS) is 12.0. The largest absolute Gasteiger partial charge is 0.494 e. The summed E-state index contributed by atoms with van der Waals surface area (Å²) < 4.78 is 37.1. The summed E-state index contributed by atoms with van der Waals surface area (Å²) in [7, 11) is -3.85. The first-order valence-corrected chi connectivity index (χ1v) is 11.6. The molecule has 0 aliphatic heterocycles. The third-order valence-electron chi connectivity index (χ3n) is 4.16. The van der Waals surface area contributed by atoms with Crippen LogP contribution in [0.5, 0.6) is 5.75 Å². The number of ether oxygens (including phenoxy) is 2. The molecule has 1 atom stereocenters. The summed E-state index contributed by atoms with van der Waals surface area (Å²) in [5, 5.41) is 13.3. The summed E-state index contributed by atoms with van der Waals surface area (Å²) in [4.78, 5) is 34.4. The molecule has 0 aliphatic rings. The van der Waals surface area contributed by atoms with E-state index in [4.69, 9.17) is 21.1 Å². The fourth-order valence-corrected chi connectivity index (χ4v) is 3.72. The van der Waals surface area contributed by atoms with Crippen LogP contribution < -0.4 is 14.8 Å². The van der Waals surface area contributed by atoms with E-state index in [1.165, 1.54) is 43.3 Å². The highest BCUT2D eigenvalue weighted by Gasteiger charge is 2.21. The van der Waals surface area contributed by atoms with Crippen LogP contribution in [-0.4, -0.2) is 44.5 Å². The second-order valence-corrected chi connectivity index (χ2v) is 8.77. The number of carbonyl (C=O) groups is 2. The minimum absolute atomic E-state index is 0.000833. The van der Waals surface area contributed by atoms with E-state index in [9.17, 15) is 28.1 Å². The molecule has 0 fully saturated rings. The highest BCUT2D eigenvalue weighted by molar-refractivity contribution is 7.89. The first-order chi connectivity index (χ1) is 15.5. The molecule has 0 bridgehead atoms. The monoisotopic (exact) mass is 499 g/mol. The van der Waals surface area contributed by atoms with E-state index in [1.807, 2.05) is 0 Å². The Bertz CT molecular complexity index is 1120. The molecule has 0 aromatic heterocycles. The van der Waals surface area contributed by atoms with Crippen LogP contribution >= 0.6 is 11.6 Å². The third kappa shape index (κ3) is 7.70. The van der Waals surface area contributed by atoms with Gasteiger partial charge in [-0.3, -0.25) is 19.7 Å². The van der Waals surface area contributed by atoms with E-state index < -0.39 is 32.9 Å². The zero-order chi connectivity index (χ0) is 24.6. The average Bonchev–Trinajstić information content (AvgIpc) is 2.75.